The number of benzene rings is 2. The lowest BCUT2D eigenvalue weighted by molar-refractivity contribution is 0.0697. The van der Waals surface area contributed by atoms with Crippen LogP contribution in [0.3, 0.4) is 0 Å². The van der Waals surface area contributed by atoms with Crippen LogP contribution in [0.2, 0.25) is 25.7 Å². The number of hydrogen-bond acceptors (Lipinski definition) is 7. The number of pyridine rings is 1. The summed E-state index contributed by atoms with van der Waals surface area (Å²) in [4.78, 5) is 21.4. The molecule has 0 spiro atoms. The Labute approximate surface area is 273 Å². The van der Waals surface area contributed by atoms with Crippen molar-refractivity contribution in [2.45, 2.75) is 57.9 Å². The quantitative estimate of drug-likeness (QED) is 0.136. The van der Waals surface area contributed by atoms with Crippen molar-refractivity contribution in [2.75, 3.05) is 6.61 Å². The Morgan fingerprint density at radius 1 is 1.04 bits per heavy atom. The van der Waals surface area contributed by atoms with E-state index in [1.165, 1.54) is 18.2 Å². The van der Waals surface area contributed by atoms with Crippen LogP contribution < -0.4 is 4.74 Å². The first-order valence-corrected chi connectivity index (χ1v) is 19.5. The maximum absolute atomic E-state index is 11.9. The van der Waals surface area contributed by atoms with E-state index in [-0.39, 0.29) is 11.3 Å². The molecule has 240 valence electrons. The Kier molecular flexibility index (Phi) is 7.71. The highest BCUT2D eigenvalue weighted by atomic mass is 28.3. The minimum atomic E-state index is -1.22. The van der Waals surface area contributed by atoms with Gasteiger partial charge < -0.3 is 23.9 Å². The summed E-state index contributed by atoms with van der Waals surface area (Å²) in [6.07, 6.45) is 4.03. The normalized spacial score (nSPS) is 13.4. The number of carboxylic acids is 1. The number of ether oxygens (including phenoxy) is 1. The highest BCUT2D eigenvalue weighted by molar-refractivity contribution is 6.76. The van der Waals surface area contributed by atoms with E-state index in [2.05, 4.69) is 30.7 Å². The molecule has 4 heterocycles. The molecule has 1 aliphatic carbocycles. The van der Waals surface area contributed by atoms with Gasteiger partial charge in [0.1, 0.15) is 23.0 Å². The Balaban J connectivity index is 1.30. The molecule has 0 amide bonds. The molecular formula is C36H37N5O5Si. The second-order valence-corrected chi connectivity index (χ2v) is 19.1. The number of aryl methyl sites for hydroxylation is 1. The number of carbonyl (C=O) groups is 1. The zero-order chi connectivity index (χ0) is 32.9. The highest BCUT2D eigenvalue weighted by Crippen LogP contribution is 2.41. The van der Waals surface area contributed by atoms with Crippen LogP contribution in [0.1, 0.15) is 46.1 Å². The number of aromatic nitrogens is 5. The molecule has 0 saturated heterocycles. The van der Waals surface area contributed by atoms with Crippen molar-refractivity contribution >= 4 is 25.1 Å². The Bertz CT molecular complexity index is 2100. The van der Waals surface area contributed by atoms with Gasteiger partial charge in [-0.05, 0) is 86.0 Å². The number of aromatic carboxylic acids is 1. The number of hydrogen-bond donors (Lipinski definition) is 2. The SMILES string of the molecule is Cc1ccc(-c2cc(C3CC3)nn2-c2ccc3c(c2)nc(-c2cc(C(=O)O)ccc2O)n3Cc2ccc(OCC[Si](C)(C)C)nc2)o1. The van der Waals surface area contributed by atoms with E-state index < -0.39 is 14.0 Å². The smallest absolute Gasteiger partial charge is 0.335 e. The van der Waals surface area contributed by atoms with Gasteiger partial charge in [0, 0.05) is 26.3 Å². The molecule has 0 bridgehead atoms. The standard InChI is InChI=1S/C36H37N5O5Si/c1-22-5-13-33(46-22)31-19-28(24-7-8-24)39-41(31)26-10-11-30-29(18-26)38-35(27-17-25(36(43)44)9-12-32(27)42)40(30)21-23-6-14-34(37-20-23)45-15-16-47(2,3)4/h5-6,9-14,17-20,24,42H,7-8,15-16,21H2,1-4H3,(H,43,44). The molecule has 6 aromatic rings. The molecule has 10 nitrogen and oxygen atoms in total. The van der Waals surface area contributed by atoms with Crippen LogP contribution in [-0.2, 0) is 6.54 Å². The molecule has 47 heavy (non-hydrogen) atoms. The van der Waals surface area contributed by atoms with E-state index in [9.17, 15) is 15.0 Å². The van der Waals surface area contributed by atoms with E-state index >= 15 is 0 Å². The van der Waals surface area contributed by atoms with Crippen molar-refractivity contribution in [3.05, 3.63) is 95.5 Å². The zero-order valence-corrected chi connectivity index (χ0v) is 27.9. The van der Waals surface area contributed by atoms with Crippen molar-refractivity contribution < 1.29 is 24.2 Å². The number of carboxylic acid groups (broad SMARTS) is 1. The summed E-state index contributed by atoms with van der Waals surface area (Å²) in [5.74, 6) is 1.88. The first kappa shape index (κ1) is 30.5. The van der Waals surface area contributed by atoms with E-state index in [0.29, 0.717) is 41.9 Å². The predicted molar refractivity (Wildman–Crippen MR) is 182 cm³/mol. The lowest BCUT2D eigenvalue weighted by Gasteiger charge is -2.15. The molecule has 1 aliphatic rings. The van der Waals surface area contributed by atoms with Gasteiger partial charge in [-0.15, -0.1) is 0 Å². The predicted octanol–water partition coefficient (Wildman–Crippen LogP) is 7.90. The van der Waals surface area contributed by atoms with Gasteiger partial charge >= 0.3 is 5.97 Å². The highest BCUT2D eigenvalue weighted by Gasteiger charge is 2.29. The molecule has 0 atom stereocenters. The zero-order valence-electron chi connectivity index (χ0n) is 26.9. The van der Waals surface area contributed by atoms with Crippen molar-refractivity contribution in [1.29, 1.82) is 0 Å². The number of fused-ring (bicyclic) bond motifs is 1. The van der Waals surface area contributed by atoms with Crippen molar-refractivity contribution in [3.8, 4) is 40.2 Å². The molecule has 0 radical (unpaired) electrons. The van der Waals surface area contributed by atoms with Crippen LogP contribution >= 0.6 is 0 Å². The van der Waals surface area contributed by atoms with Gasteiger partial charge in [-0.2, -0.15) is 5.10 Å². The molecule has 4 aromatic heterocycles. The fourth-order valence-corrected chi connectivity index (χ4v) is 6.33. The van der Waals surface area contributed by atoms with Gasteiger partial charge in [0.2, 0.25) is 5.88 Å². The van der Waals surface area contributed by atoms with Crippen LogP contribution in [0.25, 0.3) is 39.6 Å². The molecule has 2 N–H and O–H groups in total. The number of nitrogens with zero attached hydrogens (tertiary/aromatic N) is 5. The number of aromatic hydroxyl groups is 1. The van der Waals surface area contributed by atoms with Gasteiger partial charge in [-0.1, -0.05) is 25.7 Å². The topological polar surface area (TPSA) is 128 Å². The summed E-state index contributed by atoms with van der Waals surface area (Å²) >= 11 is 0. The van der Waals surface area contributed by atoms with Gasteiger partial charge in [-0.25, -0.2) is 19.4 Å². The monoisotopic (exact) mass is 647 g/mol. The third-order valence-corrected chi connectivity index (χ3v) is 10.1. The molecular weight excluding hydrogens is 611 g/mol. The third-order valence-electron chi connectivity index (χ3n) is 8.42. The van der Waals surface area contributed by atoms with Crippen molar-refractivity contribution in [1.82, 2.24) is 24.3 Å². The summed E-state index contributed by atoms with van der Waals surface area (Å²) in [5.41, 5.74) is 5.48. The average molecular weight is 648 g/mol. The molecule has 0 aliphatic heterocycles. The molecule has 1 saturated carbocycles. The van der Waals surface area contributed by atoms with Crippen molar-refractivity contribution in [2.24, 2.45) is 0 Å². The summed E-state index contributed by atoms with van der Waals surface area (Å²) in [6.45, 7) is 9.88. The molecule has 7 rings (SSSR count). The summed E-state index contributed by atoms with van der Waals surface area (Å²) in [7, 11) is -1.22. The molecule has 2 aromatic carbocycles. The second kappa shape index (κ2) is 11.9. The van der Waals surface area contributed by atoms with Gasteiger partial charge in [-0.3, -0.25) is 0 Å². The Hall–Kier alpha value is -5.16. The average Bonchev–Trinajstić information content (AvgIpc) is 3.48. The fourth-order valence-electron chi connectivity index (χ4n) is 5.62. The second-order valence-electron chi connectivity index (χ2n) is 13.4. The van der Waals surface area contributed by atoms with Gasteiger partial charge in [0.25, 0.3) is 0 Å². The first-order chi connectivity index (χ1) is 22.5. The maximum atomic E-state index is 11.9. The Morgan fingerprint density at radius 2 is 1.87 bits per heavy atom. The number of phenolic OH excluding ortho intramolecular Hbond substituents is 1. The summed E-state index contributed by atoms with van der Waals surface area (Å²) in [5, 5.41) is 25.6. The largest absolute Gasteiger partial charge is 0.507 e. The van der Waals surface area contributed by atoms with Crippen LogP contribution in [-0.4, -0.2) is 55.2 Å². The number of furan rings is 1. The lowest BCUT2D eigenvalue weighted by atomic mass is 10.1. The summed E-state index contributed by atoms with van der Waals surface area (Å²) in [6, 6.07) is 21.1. The Morgan fingerprint density at radius 3 is 2.55 bits per heavy atom. The number of phenols is 1. The first-order valence-electron chi connectivity index (χ1n) is 15.8. The van der Waals surface area contributed by atoms with Crippen molar-refractivity contribution in [3.63, 3.8) is 0 Å². The van der Waals surface area contributed by atoms with Crippen LogP contribution in [0.5, 0.6) is 11.6 Å². The van der Waals surface area contributed by atoms with Crippen LogP contribution in [0, 0.1) is 6.92 Å². The molecule has 0 unspecified atom stereocenters. The van der Waals surface area contributed by atoms with E-state index in [1.54, 1.807) is 6.20 Å². The minimum absolute atomic E-state index is 0.0566. The van der Waals surface area contributed by atoms with E-state index in [0.717, 1.165) is 58.6 Å². The van der Waals surface area contributed by atoms with Gasteiger partial charge in [0.15, 0.2) is 5.76 Å². The van der Waals surface area contributed by atoms with E-state index in [1.807, 2.05) is 58.6 Å². The molecule has 11 heteroatoms. The number of rotatable bonds is 11. The van der Waals surface area contributed by atoms with E-state index in [4.69, 9.17) is 19.2 Å². The number of imidazole rings is 1. The molecule has 1 fully saturated rings. The van der Waals surface area contributed by atoms with Gasteiger partial charge in [0.05, 0.1) is 46.7 Å². The van der Waals surface area contributed by atoms with Crippen LogP contribution in [0.15, 0.2) is 77.3 Å². The summed E-state index contributed by atoms with van der Waals surface area (Å²) < 4.78 is 15.8. The fraction of sp³-hybridized carbons (Fsp3) is 0.278. The maximum Gasteiger partial charge on any atom is 0.335 e. The minimum Gasteiger partial charge on any atom is -0.507 e. The third kappa shape index (κ3) is 6.43. The van der Waals surface area contributed by atoms with Crippen LogP contribution in [0.4, 0.5) is 0 Å². The lowest BCUT2D eigenvalue weighted by Crippen LogP contribution is -2.22.